The van der Waals surface area contributed by atoms with Gasteiger partial charge in [0.25, 0.3) is 0 Å². The van der Waals surface area contributed by atoms with Gasteiger partial charge in [-0.25, -0.2) is 4.39 Å². The predicted octanol–water partition coefficient (Wildman–Crippen LogP) is 1.94. The van der Waals surface area contributed by atoms with E-state index < -0.39 is 5.60 Å². The average molecular weight is 506 g/mol. The zero-order valence-electron chi connectivity index (χ0n) is 16.7. The quantitative estimate of drug-likeness (QED) is 0.300. The summed E-state index contributed by atoms with van der Waals surface area (Å²) in [4.78, 5) is 6.78. The van der Waals surface area contributed by atoms with Crippen LogP contribution in [-0.2, 0) is 4.74 Å². The third-order valence-electron chi connectivity index (χ3n) is 5.01. The monoisotopic (exact) mass is 506 g/mol. The summed E-state index contributed by atoms with van der Waals surface area (Å²) in [6.07, 6.45) is 0.884. The zero-order chi connectivity index (χ0) is 19.3. The van der Waals surface area contributed by atoms with Crippen molar-refractivity contribution >= 4 is 29.9 Å². The van der Waals surface area contributed by atoms with E-state index in [1.165, 1.54) is 6.07 Å². The highest BCUT2D eigenvalue weighted by Crippen LogP contribution is 2.41. The number of hydrogen-bond acceptors (Lipinski definition) is 4. The number of nitrogens with one attached hydrogen (secondary N) is 2. The molecule has 3 unspecified atom stereocenters. The SMILES string of the molecule is CCNC(=NCC(C)(O)CN1CCOCC1)NC1CC1c1ccccc1F.I. The second-order valence-electron chi connectivity index (χ2n) is 7.70. The van der Waals surface area contributed by atoms with Gasteiger partial charge in [-0.1, -0.05) is 18.2 Å². The summed E-state index contributed by atoms with van der Waals surface area (Å²) in [7, 11) is 0. The van der Waals surface area contributed by atoms with Crippen molar-refractivity contribution < 1.29 is 14.2 Å². The fourth-order valence-electron chi connectivity index (χ4n) is 3.51. The van der Waals surface area contributed by atoms with E-state index in [0.29, 0.717) is 32.3 Å². The Hall–Kier alpha value is -0.970. The summed E-state index contributed by atoms with van der Waals surface area (Å²) in [5.41, 5.74) is -0.154. The van der Waals surface area contributed by atoms with E-state index in [2.05, 4.69) is 20.5 Å². The van der Waals surface area contributed by atoms with E-state index >= 15 is 0 Å². The number of morpholine rings is 1. The van der Waals surface area contributed by atoms with Gasteiger partial charge in [0.15, 0.2) is 5.96 Å². The van der Waals surface area contributed by atoms with Crippen molar-refractivity contribution in [2.24, 2.45) is 4.99 Å². The van der Waals surface area contributed by atoms with Crippen molar-refractivity contribution in [2.75, 3.05) is 45.9 Å². The molecule has 1 heterocycles. The van der Waals surface area contributed by atoms with Crippen LogP contribution < -0.4 is 10.6 Å². The summed E-state index contributed by atoms with van der Waals surface area (Å²) in [6, 6.07) is 7.11. The van der Waals surface area contributed by atoms with E-state index in [9.17, 15) is 9.50 Å². The lowest BCUT2D eigenvalue weighted by molar-refractivity contribution is -0.0180. The predicted molar refractivity (Wildman–Crippen MR) is 120 cm³/mol. The van der Waals surface area contributed by atoms with E-state index in [4.69, 9.17) is 4.74 Å². The van der Waals surface area contributed by atoms with E-state index in [-0.39, 0.29) is 41.8 Å². The van der Waals surface area contributed by atoms with E-state index in [1.807, 2.05) is 26.0 Å². The first-order chi connectivity index (χ1) is 13.0. The summed E-state index contributed by atoms with van der Waals surface area (Å²) >= 11 is 0. The van der Waals surface area contributed by atoms with Gasteiger partial charge in [-0.05, 0) is 31.9 Å². The molecular weight excluding hydrogens is 474 g/mol. The number of halogens is 2. The van der Waals surface area contributed by atoms with Crippen molar-refractivity contribution in [3.63, 3.8) is 0 Å². The third kappa shape index (κ3) is 6.82. The molecule has 2 fully saturated rings. The number of aliphatic imine (C=N–C) groups is 1. The van der Waals surface area contributed by atoms with Gasteiger partial charge < -0.3 is 20.5 Å². The molecule has 3 N–H and O–H groups in total. The van der Waals surface area contributed by atoms with Crippen LogP contribution in [0, 0.1) is 5.82 Å². The molecule has 0 radical (unpaired) electrons. The Bertz CT molecular complexity index is 653. The van der Waals surface area contributed by atoms with Crippen molar-refractivity contribution in [3.05, 3.63) is 35.6 Å². The molecule has 0 bridgehead atoms. The molecule has 1 aliphatic heterocycles. The molecule has 3 rings (SSSR count). The molecule has 1 saturated heterocycles. The molecule has 0 amide bonds. The van der Waals surface area contributed by atoms with Crippen LogP contribution in [0.1, 0.15) is 31.7 Å². The molecule has 1 aliphatic carbocycles. The Kier molecular flexibility index (Phi) is 8.91. The normalized spacial score (nSPS) is 24.8. The van der Waals surface area contributed by atoms with Gasteiger partial charge in [0, 0.05) is 38.1 Å². The highest BCUT2D eigenvalue weighted by atomic mass is 127. The van der Waals surface area contributed by atoms with Crippen LogP contribution in [0.4, 0.5) is 4.39 Å². The van der Waals surface area contributed by atoms with Gasteiger partial charge in [0.1, 0.15) is 5.82 Å². The number of rotatable bonds is 7. The van der Waals surface area contributed by atoms with Crippen LogP contribution in [0.5, 0.6) is 0 Å². The van der Waals surface area contributed by atoms with Crippen LogP contribution >= 0.6 is 24.0 Å². The zero-order valence-corrected chi connectivity index (χ0v) is 19.0. The number of ether oxygens (including phenoxy) is 1. The maximum atomic E-state index is 13.9. The molecule has 1 saturated carbocycles. The maximum Gasteiger partial charge on any atom is 0.191 e. The highest BCUT2D eigenvalue weighted by molar-refractivity contribution is 14.0. The highest BCUT2D eigenvalue weighted by Gasteiger charge is 2.40. The molecule has 2 aliphatic rings. The Morgan fingerprint density at radius 3 is 2.75 bits per heavy atom. The van der Waals surface area contributed by atoms with Gasteiger partial charge >= 0.3 is 0 Å². The smallest absolute Gasteiger partial charge is 0.191 e. The molecule has 0 spiro atoms. The minimum Gasteiger partial charge on any atom is -0.387 e. The van der Waals surface area contributed by atoms with Crippen LogP contribution in [0.25, 0.3) is 0 Å². The molecule has 28 heavy (non-hydrogen) atoms. The summed E-state index contributed by atoms with van der Waals surface area (Å²) in [5, 5.41) is 17.3. The van der Waals surface area contributed by atoms with Crippen LogP contribution in [0.2, 0.25) is 0 Å². The summed E-state index contributed by atoms with van der Waals surface area (Å²) < 4.78 is 19.3. The number of hydrogen-bond donors (Lipinski definition) is 3. The van der Waals surface area contributed by atoms with Gasteiger partial charge in [-0.3, -0.25) is 9.89 Å². The summed E-state index contributed by atoms with van der Waals surface area (Å²) in [6.45, 7) is 8.52. The fourth-order valence-corrected chi connectivity index (χ4v) is 3.51. The van der Waals surface area contributed by atoms with E-state index in [0.717, 1.165) is 31.6 Å². The topological polar surface area (TPSA) is 69.1 Å². The minimum atomic E-state index is -0.909. The lowest BCUT2D eigenvalue weighted by Crippen LogP contribution is -2.48. The standard InChI is InChI=1S/C20H31FN4O2.HI/c1-3-22-19(23-13-20(2,26)14-25-8-10-27-11-9-25)24-18-12-16(18)15-6-4-5-7-17(15)21;/h4-7,16,18,26H,3,8-14H2,1-2H3,(H2,22,23,24);1H. The average Bonchev–Trinajstić information content (AvgIpc) is 3.40. The second-order valence-corrected chi connectivity index (χ2v) is 7.70. The van der Waals surface area contributed by atoms with Crippen LogP contribution in [0.15, 0.2) is 29.3 Å². The fraction of sp³-hybridized carbons (Fsp3) is 0.650. The van der Waals surface area contributed by atoms with Gasteiger partial charge in [-0.15, -0.1) is 24.0 Å². The Balaban J connectivity index is 0.00000280. The molecule has 3 atom stereocenters. The first-order valence-electron chi connectivity index (χ1n) is 9.80. The first-order valence-corrected chi connectivity index (χ1v) is 9.80. The molecular formula is C20H32FIN4O2. The molecule has 6 nitrogen and oxygen atoms in total. The van der Waals surface area contributed by atoms with Crippen LogP contribution in [0.3, 0.4) is 0 Å². The minimum absolute atomic E-state index is 0. The van der Waals surface area contributed by atoms with Crippen LogP contribution in [-0.4, -0.2) is 73.5 Å². The Morgan fingerprint density at radius 2 is 2.07 bits per heavy atom. The van der Waals surface area contributed by atoms with Crippen molar-refractivity contribution in [1.29, 1.82) is 0 Å². The van der Waals surface area contributed by atoms with Gasteiger partial charge in [0.05, 0.1) is 25.4 Å². The molecule has 8 heteroatoms. The van der Waals surface area contributed by atoms with E-state index in [1.54, 1.807) is 6.07 Å². The molecule has 1 aromatic carbocycles. The number of β-amino-alcohol motifs (C(OH)–C–C–N with tert-alkyl or cyclic N) is 1. The second kappa shape index (κ2) is 10.7. The maximum absolute atomic E-state index is 13.9. The Labute approximate surface area is 184 Å². The molecule has 0 aromatic heterocycles. The van der Waals surface area contributed by atoms with Crippen molar-refractivity contribution in [3.8, 4) is 0 Å². The lowest BCUT2D eigenvalue weighted by Gasteiger charge is -2.33. The lowest BCUT2D eigenvalue weighted by atomic mass is 10.1. The van der Waals surface area contributed by atoms with Crippen molar-refractivity contribution in [2.45, 2.75) is 37.8 Å². The first kappa shape index (κ1) is 23.3. The number of benzene rings is 1. The number of nitrogens with zero attached hydrogens (tertiary/aromatic N) is 2. The molecule has 1 aromatic rings. The third-order valence-corrected chi connectivity index (χ3v) is 5.01. The summed E-state index contributed by atoms with van der Waals surface area (Å²) in [5.74, 6) is 0.690. The largest absolute Gasteiger partial charge is 0.387 e. The molecule has 158 valence electrons. The van der Waals surface area contributed by atoms with Crippen molar-refractivity contribution in [1.82, 2.24) is 15.5 Å². The number of aliphatic hydroxyl groups is 1. The number of guanidine groups is 1. The Morgan fingerprint density at radius 1 is 1.36 bits per heavy atom. The van der Waals surface area contributed by atoms with Gasteiger partial charge in [-0.2, -0.15) is 0 Å². The van der Waals surface area contributed by atoms with Gasteiger partial charge in [0.2, 0.25) is 0 Å².